The summed E-state index contributed by atoms with van der Waals surface area (Å²) in [7, 11) is 0. The SMILES string of the molecule is CC(=O)NC(CCCN=C(N)N)C(=O)NC(C(=O)NC(CCCN=C(N)N)C(=O)NC(CCCN=C(N)N)C(=O)NC(CS)C(=O)Nc1ccc2nc(C#N)sc2c1)C(C)C. The molecule has 0 saturated carbocycles. The molecule has 0 aliphatic carbocycles. The quantitative estimate of drug-likeness (QED) is 0.0209. The molecule has 2 rings (SSSR count). The lowest BCUT2D eigenvalue weighted by Gasteiger charge is -2.28. The number of thiol groups is 1. The number of benzene rings is 1. The van der Waals surface area contributed by atoms with Gasteiger partial charge in [-0.1, -0.05) is 13.8 Å². The maximum Gasteiger partial charge on any atom is 0.247 e. The van der Waals surface area contributed by atoms with E-state index in [0.29, 0.717) is 22.3 Å². The molecule has 0 saturated heterocycles. The minimum Gasteiger partial charge on any atom is -0.370 e. The summed E-state index contributed by atoms with van der Waals surface area (Å²) in [6, 6.07) is 0.968. The number of nitrogens with two attached hydrogens (primary N) is 6. The number of thiazole rings is 1. The van der Waals surface area contributed by atoms with Crippen molar-refractivity contribution in [2.75, 3.05) is 30.7 Å². The number of carbonyl (C=O) groups is 6. The van der Waals surface area contributed by atoms with Crippen LogP contribution in [-0.4, -0.2) is 114 Å². The first-order valence-corrected chi connectivity index (χ1v) is 20.7. The van der Waals surface area contributed by atoms with Gasteiger partial charge >= 0.3 is 0 Å². The van der Waals surface area contributed by atoms with Gasteiger partial charge in [-0.05, 0) is 62.6 Å². The number of anilines is 1. The fraction of sp³-hybridized carbons (Fsp3) is 0.528. The highest BCUT2D eigenvalue weighted by Crippen LogP contribution is 2.25. The number of nitrogens with zero attached hydrogens (tertiary/aromatic N) is 5. The number of aromatic nitrogens is 1. The van der Waals surface area contributed by atoms with Crippen LogP contribution >= 0.6 is 24.0 Å². The van der Waals surface area contributed by atoms with Crippen LogP contribution in [0.5, 0.6) is 0 Å². The van der Waals surface area contributed by atoms with E-state index in [9.17, 15) is 34.0 Å². The zero-order valence-corrected chi connectivity index (χ0v) is 36.0. The molecule has 0 aliphatic rings. The molecule has 5 unspecified atom stereocenters. The first-order chi connectivity index (χ1) is 28.8. The maximum absolute atomic E-state index is 14.0. The van der Waals surface area contributed by atoms with Gasteiger partial charge in [-0.25, -0.2) is 4.98 Å². The van der Waals surface area contributed by atoms with E-state index in [4.69, 9.17) is 34.4 Å². The Kier molecular flexibility index (Phi) is 21.6. The Morgan fingerprint density at radius 3 is 1.61 bits per heavy atom. The number of fused-ring (bicyclic) bond motifs is 1. The number of amides is 6. The topological polar surface area (TPSA) is 404 Å². The lowest BCUT2D eigenvalue weighted by Crippen LogP contribution is -2.60. The van der Waals surface area contributed by atoms with Gasteiger partial charge in [0.15, 0.2) is 22.9 Å². The van der Waals surface area contributed by atoms with Crippen LogP contribution in [0.3, 0.4) is 0 Å². The number of nitriles is 1. The van der Waals surface area contributed by atoms with Crippen LogP contribution in [0.1, 0.15) is 64.3 Å². The molecule has 0 radical (unpaired) electrons. The smallest absolute Gasteiger partial charge is 0.247 e. The number of aliphatic imine (C=N–C) groups is 3. The molecule has 5 atom stereocenters. The van der Waals surface area contributed by atoms with Gasteiger partial charge in [0.25, 0.3) is 0 Å². The summed E-state index contributed by atoms with van der Waals surface area (Å²) in [6.07, 6.45) is 0.921. The fourth-order valence-corrected chi connectivity index (χ4v) is 6.69. The minimum absolute atomic E-state index is 0.00357. The third kappa shape index (κ3) is 18.6. The van der Waals surface area contributed by atoms with Gasteiger partial charge in [0.2, 0.25) is 35.4 Å². The molecule has 6 amide bonds. The monoisotopic (exact) mass is 887 g/mol. The lowest BCUT2D eigenvalue weighted by molar-refractivity contribution is -0.135. The van der Waals surface area contributed by atoms with Crippen molar-refractivity contribution in [2.24, 2.45) is 55.3 Å². The number of carbonyl (C=O) groups excluding carboxylic acids is 6. The summed E-state index contributed by atoms with van der Waals surface area (Å²) >= 11 is 5.42. The summed E-state index contributed by atoms with van der Waals surface area (Å²) in [5.41, 5.74) is 33.6. The average Bonchev–Trinajstić information content (AvgIpc) is 3.61. The van der Waals surface area contributed by atoms with Crippen molar-refractivity contribution in [3.63, 3.8) is 0 Å². The largest absolute Gasteiger partial charge is 0.370 e. The molecular weight excluding hydrogens is 831 g/mol. The van der Waals surface area contributed by atoms with Gasteiger partial charge in [0, 0.05) is 38.0 Å². The number of rotatable bonds is 25. The maximum atomic E-state index is 14.0. The zero-order chi connectivity index (χ0) is 45.6. The third-order valence-electron chi connectivity index (χ3n) is 8.61. The van der Waals surface area contributed by atoms with Gasteiger partial charge < -0.3 is 66.3 Å². The molecule has 2 aromatic rings. The Labute approximate surface area is 362 Å². The van der Waals surface area contributed by atoms with E-state index < -0.39 is 71.6 Å². The molecule has 1 aromatic heterocycles. The molecule has 0 bridgehead atoms. The second-order valence-corrected chi connectivity index (χ2v) is 15.4. The van der Waals surface area contributed by atoms with Crippen molar-refractivity contribution >= 4 is 93.2 Å². The Bertz CT molecular complexity index is 1970. The molecular formula is C36H57N17O6S2. The van der Waals surface area contributed by atoms with Crippen molar-refractivity contribution in [3.05, 3.63) is 23.2 Å². The fourth-order valence-electron chi connectivity index (χ4n) is 5.63. The van der Waals surface area contributed by atoms with E-state index in [2.05, 4.69) is 64.5 Å². The lowest BCUT2D eigenvalue weighted by atomic mass is 10.0. The van der Waals surface area contributed by atoms with E-state index in [1.165, 1.54) is 6.92 Å². The highest BCUT2D eigenvalue weighted by Gasteiger charge is 2.33. The van der Waals surface area contributed by atoms with Crippen molar-refractivity contribution in [1.82, 2.24) is 31.6 Å². The highest BCUT2D eigenvalue weighted by molar-refractivity contribution is 7.80. The first kappa shape index (κ1) is 50.7. The van der Waals surface area contributed by atoms with Crippen LogP contribution < -0.4 is 66.3 Å². The molecule has 1 aromatic carbocycles. The number of hydrogen-bond donors (Lipinski definition) is 13. The van der Waals surface area contributed by atoms with Crippen LogP contribution in [0, 0.1) is 17.2 Å². The van der Waals surface area contributed by atoms with Crippen LogP contribution in [0.4, 0.5) is 5.69 Å². The Balaban J connectivity index is 2.33. The van der Waals surface area contributed by atoms with Gasteiger partial charge in [0.05, 0.1) is 10.2 Å². The Hall–Kier alpha value is -6.42. The Morgan fingerprint density at radius 2 is 1.16 bits per heavy atom. The first-order valence-electron chi connectivity index (χ1n) is 19.2. The van der Waals surface area contributed by atoms with E-state index in [0.717, 1.165) is 11.3 Å². The average molecular weight is 888 g/mol. The van der Waals surface area contributed by atoms with Gasteiger partial charge in [-0.3, -0.25) is 43.7 Å². The second kappa shape index (κ2) is 25.9. The van der Waals surface area contributed by atoms with Crippen LogP contribution in [0.15, 0.2) is 33.2 Å². The minimum atomic E-state index is -1.27. The van der Waals surface area contributed by atoms with E-state index in [-0.39, 0.29) is 80.4 Å². The summed E-state index contributed by atoms with van der Waals surface area (Å²) in [5, 5.41) is 25.4. The van der Waals surface area contributed by atoms with E-state index in [1.807, 2.05) is 6.07 Å². The van der Waals surface area contributed by atoms with Crippen LogP contribution in [0.25, 0.3) is 10.2 Å². The standard InChI is InChI=1S/C36H57N17O6S2/c1-18(2)28(53-31(57)22(47-19(3)54)7-4-12-44-34(38)39)33(59)51-24(9-6-14-46-36(42)43)29(55)50-23(8-5-13-45-35(40)41)30(56)52-25(17-60)32(58)48-20-10-11-21-26(15-20)61-27(16-37)49-21/h10-11,15,18,22-25,28,60H,4-9,12-14,17H2,1-3H3,(H,47,54)(H,48,58)(H,50,55)(H,51,59)(H,52,56)(H,53,57)(H4,38,39,44)(H4,40,41,45)(H4,42,43,46). The van der Waals surface area contributed by atoms with Crippen molar-refractivity contribution in [3.8, 4) is 6.07 Å². The Morgan fingerprint density at radius 1 is 0.705 bits per heavy atom. The van der Waals surface area contributed by atoms with Crippen molar-refractivity contribution in [1.29, 1.82) is 5.26 Å². The molecule has 0 spiro atoms. The predicted molar refractivity (Wildman–Crippen MR) is 237 cm³/mol. The van der Waals surface area contributed by atoms with Gasteiger partial charge in [-0.2, -0.15) is 17.9 Å². The summed E-state index contributed by atoms with van der Waals surface area (Å²) in [6.45, 7) is 5.00. The zero-order valence-electron chi connectivity index (χ0n) is 34.3. The second-order valence-electron chi connectivity index (χ2n) is 14.0. The highest BCUT2D eigenvalue weighted by atomic mass is 32.1. The third-order valence-corrected chi connectivity index (χ3v) is 9.90. The molecule has 0 fully saturated rings. The van der Waals surface area contributed by atoms with Gasteiger partial charge in [-0.15, -0.1) is 11.3 Å². The molecule has 23 nitrogen and oxygen atoms in total. The van der Waals surface area contributed by atoms with E-state index in [1.54, 1.807) is 32.0 Å². The molecule has 334 valence electrons. The van der Waals surface area contributed by atoms with Crippen LogP contribution in [-0.2, 0) is 28.8 Å². The number of nitrogens with one attached hydrogen (secondary N) is 6. The molecule has 18 N–H and O–H groups in total. The summed E-state index contributed by atoms with van der Waals surface area (Å²) in [5.74, 6) is -5.10. The van der Waals surface area contributed by atoms with Crippen molar-refractivity contribution < 1.29 is 28.8 Å². The summed E-state index contributed by atoms with van der Waals surface area (Å²) in [4.78, 5) is 96.3. The van der Waals surface area contributed by atoms with Crippen molar-refractivity contribution in [2.45, 2.75) is 89.5 Å². The molecule has 0 aliphatic heterocycles. The summed E-state index contributed by atoms with van der Waals surface area (Å²) < 4.78 is 0.663. The molecule has 25 heteroatoms. The molecule has 61 heavy (non-hydrogen) atoms. The van der Waals surface area contributed by atoms with Gasteiger partial charge in [0.1, 0.15) is 36.3 Å². The number of guanidine groups is 3. The number of hydrogen-bond acceptors (Lipinski definition) is 13. The van der Waals surface area contributed by atoms with E-state index >= 15 is 0 Å². The molecule has 1 heterocycles. The van der Waals surface area contributed by atoms with Crippen LogP contribution in [0.2, 0.25) is 0 Å². The predicted octanol–water partition coefficient (Wildman–Crippen LogP) is -2.70. The normalized spacial score (nSPS) is 13.2.